The highest BCUT2D eigenvalue weighted by atomic mass is 19.1. The fraction of sp³-hybridized carbons (Fsp3) is 0.500. The predicted molar refractivity (Wildman–Crippen MR) is 203 cm³/mol. The molecular weight excluding hydrogens is 723 g/mol. The molecule has 3 aromatic heterocycles. The zero-order valence-corrected chi connectivity index (χ0v) is 32.4. The Morgan fingerprint density at radius 2 is 1.55 bits per heavy atom. The van der Waals surface area contributed by atoms with E-state index in [1.807, 2.05) is 0 Å². The molecule has 4 aliphatic carbocycles. The van der Waals surface area contributed by atoms with Crippen molar-refractivity contribution in [3.63, 3.8) is 0 Å². The molecule has 16 heteroatoms. The van der Waals surface area contributed by atoms with Gasteiger partial charge in [0.2, 0.25) is 0 Å². The third kappa shape index (κ3) is 5.83. The van der Waals surface area contributed by atoms with Crippen LogP contribution in [0.2, 0.25) is 0 Å². The number of hydrogen-bond acceptors (Lipinski definition) is 8. The Morgan fingerprint density at radius 3 is 2.20 bits per heavy atom. The van der Waals surface area contributed by atoms with Gasteiger partial charge in [0.05, 0.1) is 17.5 Å². The van der Waals surface area contributed by atoms with Crippen molar-refractivity contribution >= 4 is 40.8 Å². The maximum Gasteiger partial charge on any atom is 0.291 e. The van der Waals surface area contributed by atoms with Crippen LogP contribution in [0.5, 0.6) is 0 Å². The number of amides is 4. The molecule has 0 saturated heterocycles. The van der Waals surface area contributed by atoms with Gasteiger partial charge < -0.3 is 45.2 Å². The Morgan fingerprint density at radius 1 is 0.929 bits per heavy atom. The molecule has 0 spiro atoms. The number of aliphatic hydroxyl groups excluding tert-OH is 1. The first-order valence-electron chi connectivity index (χ1n) is 18.9. The van der Waals surface area contributed by atoms with E-state index in [9.17, 15) is 34.2 Å². The molecule has 4 aliphatic rings. The fourth-order valence-corrected chi connectivity index (χ4v) is 10.3. The minimum atomic E-state index is -2.07. The Bertz CT molecular complexity index is 2200. The van der Waals surface area contributed by atoms with Crippen LogP contribution in [0.25, 0.3) is 0 Å². The van der Waals surface area contributed by atoms with Crippen LogP contribution < -0.4 is 21.3 Å². The minimum absolute atomic E-state index is 0.00897. The van der Waals surface area contributed by atoms with Crippen molar-refractivity contribution in [2.75, 3.05) is 23.7 Å². The average molecular weight is 773 g/mol. The Balaban J connectivity index is 0.951. The van der Waals surface area contributed by atoms with Gasteiger partial charge in [-0.15, -0.1) is 0 Å². The zero-order valence-electron chi connectivity index (χ0n) is 32.4. The number of hydrogen-bond donors (Lipinski definition) is 6. The Hall–Kier alpha value is -5.35. The molecular formula is C40H49FN8O7. The van der Waals surface area contributed by atoms with E-state index in [4.69, 9.17) is 0 Å². The maximum absolute atomic E-state index is 17.5. The summed E-state index contributed by atoms with van der Waals surface area (Å²) >= 11 is 0. The summed E-state index contributed by atoms with van der Waals surface area (Å²) in [5, 5.41) is 34.8. The lowest BCUT2D eigenvalue weighted by Crippen LogP contribution is -2.70. The summed E-state index contributed by atoms with van der Waals surface area (Å²) in [5.74, 6) is -3.58. The van der Waals surface area contributed by atoms with Crippen LogP contribution in [0.15, 0.2) is 60.7 Å². The number of aliphatic hydroxyl groups is 2. The summed E-state index contributed by atoms with van der Waals surface area (Å²) < 4.78 is 22.1. The molecule has 8 atom stereocenters. The van der Waals surface area contributed by atoms with E-state index >= 15 is 4.39 Å². The van der Waals surface area contributed by atoms with E-state index in [2.05, 4.69) is 26.3 Å². The van der Waals surface area contributed by atoms with Crippen molar-refractivity contribution in [2.45, 2.75) is 63.8 Å². The van der Waals surface area contributed by atoms with Crippen molar-refractivity contribution in [1.82, 2.24) is 29.3 Å². The number of nitrogens with zero attached hydrogens (tertiary/aromatic N) is 4. The number of rotatable bonds is 9. The lowest BCUT2D eigenvalue weighted by Gasteiger charge is -2.62. The number of halogens is 1. The molecule has 0 radical (unpaired) electrons. The van der Waals surface area contributed by atoms with E-state index in [0.717, 1.165) is 0 Å². The van der Waals surface area contributed by atoms with Gasteiger partial charge in [-0.25, -0.2) is 9.37 Å². The molecule has 15 nitrogen and oxygen atoms in total. The lowest BCUT2D eigenvalue weighted by atomic mass is 9.44. The first-order chi connectivity index (χ1) is 26.3. The van der Waals surface area contributed by atoms with Gasteiger partial charge in [-0.2, -0.15) is 0 Å². The Labute approximate surface area is 323 Å². The van der Waals surface area contributed by atoms with Gasteiger partial charge >= 0.3 is 0 Å². The summed E-state index contributed by atoms with van der Waals surface area (Å²) in [7, 11) is 5.00. The molecule has 3 saturated carbocycles. The van der Waals surface area contributed by atoms with Gasteiger partial charge in [-0.1, -0.05) is 25.5 Å². The summed E-state index contributed by atoms with van der Waals surface area (Å²) in [6.45, 7) is 5.28. The van der Waals surface area contributed by atoms with Gasteiger partial charge in [0, 0.05) is 75.8 Å². The van der Waals surface area contributed by atoms with Gasteiger partial charge in [-0.3, -0.25) is 24.0 Å². The topological polar surface area (TPSA) is 202 Å². The zero-order chi connectivity index (χ0) is 40.5. The number of fused-ring (bicyclic) bond motifs is 5. The molecule has 3 fully saturated rings. The molecule has 3 heterocycles. The molecule has 0 aromatic carbocycles. The standard InChI is InChI=1S/C40H49FN8O7/c1-22-15-28-27-8-7-23-16-26(50)9-10-37(23,2)39(27,41)31(51)19-38(28,3)40(22,56)36(55)44-12-11-43-33(52)29-17-24(20-48(29)5)45-34(53)30-18-25(21-49(30)6)46-35(54)32-42-13-14-47(32)4/h9-10,13-14,16-18,20-22,27-28,31,51,56H,7-8,11-12,15,19H2,1-6H3,(H,43,52)(H,44,55)(H,45,53)(H,46,54)/t22-,27+,28+,31+,37+,38+,39+,40+/m0/s1. The van der Waals surface area contributed by atoms with Crippen LogP contribution >= 0.6 is 0 Å². The molecule has 3 aromatic rings. The largest absolute Gasteiger partial charge is 0.390 e. The molecule has 0 unspecified atom stereocenters. The minimum Gasteiger partial charge on any atom is -0.390 e. The Kier molecular flexibility index (Phi) is 9.51. The average Bonchev–Trinajstić information content (AvgIpc) is 3.89. The summed E-state index contributed by atoms with van der Waals surface area (Å²) in [5.41, 5.74) is -4.38. The van der Waals surface area contributed by atoms with Gasteiger partial charge in [0.15, 0.2) is 22.9 Å². The van der Waals surface area contributed by atoms with Crippen LogP contribution in [-0.2, 0) is 30.7 Å². The first-order valence-corrected chi connectivity index (χ1v) is 18.9. The SMILES string of the molecule is C[C@H]1C[C@@H]2[C@H]3CCC4=CC(=O)C=C[C@@]4(C)[C@]3(F)[C@H](O)C[C@@]2(C)[C@]1(O)C(=O)NCCNC(=O)c1cc(NC(=O)c2cc(NC(=O)c3nccn3C)cn2C)cn1C. The number of allylic oxidation sites excluding steroid dienone is 4. The van der Waals surface area contributed by atoms with Crippen LogP contribution in [0.4, 0.5) is 15.8 Å². The van der Waals surface area contributed by atoms with Crippen LogP contribution in [-0.4, -0.2) is 88.8 Å². The number of nitrogens with one attached hydrogen (secondary N) is 4. The second-order valence-electron chi connectivity index (χ2n) is 16.4. The monoisotopic (exact) mass is 772 g/mol. The van der Waals surface area contributed by atoms with Gasteiger partial charge in [-0.05, 0) is 68.7 Å². The van der Waals surface area contributed by atoms with E-state index < -0.39 is 69.6 Å². The van der Waals surface area contributed by atoms with Crippen LogP contribution in [0, 0.1) is 28.6 Å². The highest BCUT2D eigenvalue weighted by molar-refractivity contribution is 6.07. The quantitative estimate of drug-likeness (QED) is 0.178. The lowest BCUT2D eigenvalue weighted by molar-refractivity contribution is -0.219. The first kappa shape index (κ1) is 38.9. The number of aryl methyl sites for hydroxylation is 3. The second-order valence-corrected chi connectivity index (χ2v) is 16.4. The summed E-state index contributed by atoms with van der Waals surface area (Å²) in [4.78, 5) is 68.9. The molecule has 0 bridgehead atoms. The number of carbonyl (C=O) groups excluding carboxylic acids is 5. The maximum atomic E-state index is 17.5. The van der Waals surface area contributed by atoms with Crippen molar-refractivity contribution in [3.8, 4) is 0 Å². The number of alkyl halides is 1. The van der Waals surface area contributed by atoms with E-state index in [0.29, 0.717) is 36.2 Å². The summed E-state index contributed by atoms with van der Waals surface area (Å²) in [6, 6.07) is 3.03. The molecule has 0 aliphatic heterocycles. The highest BCUT2D eigenvalue weighted by Gasteiger charge is 2.75. The number of imidazole rings is 1. The van der Waals surface area contributed by atoms with Crippen molar-refractivity contribution in [2.24, 2.45) is 49.7 Å². The number of ketones is 1. The van der Waals surface area contributed by atoms with E-state index in [-0.39, 0.29) is 42.5 Å². The highest BCUT2D eigenvalue weighted by Crippen LogP contribution is 2.70. The second kappa shape index (κ2) is 13.7. The molecule has 298 valence electrons. The third-order valence-corrected chi connectivity index (χ3v) is 13.3. The normalized spacial score (nSPS) is 31.8. The van der Waals surface area contributed by atoms with E-state index in [1.165, 1.54) is 30.5 Å². The third-order valence-electron chi connectivity index (χ3n) is 13.3. The summed E-state index contributed by atoms with van der Waals surface area (Å²) in [6.07, 6.45) is 10.4. The van der Waals surface area contributed by atoms with Crippen molar-refractivity contribution < 1.29 is 38.6 Å². The number of anilines is 2. The predicted octanol–water partition coefficient (Wildman–Crippen LogP) is 2.80. The van der Waals surface area contributed by atoms with Crippen LogP contribution in [0.1, 0.15) is 78.1 Å². The van der Waals surface area contributed by atoms with Crippen molar-refractivity contribution in [1.29, 1.82) is 0 Å². The molecule has 6 N–H and O–H groups in total. The number of carbonyl (C=O) groups is 5. The van der Waals surface area contributed by atoms with Gasteiger partial charge in [0.1, 0.15) is 11.4 Å². The smallest absolute Gasteiger partial charge is 0.291 e. The van der Waals surface area contributed by atoms with Crippen molar-refractivity contribution in [3.05, 3.63) is 77.9 Å². The van der Waals surface area contributed by atoms with E-state index in [1.54, 1.807) is 80.3 Å². The van der Waals surface area contributed by atoms with Crippen LogP contribution in [0.3, 0.4) is 0 Å². The molecule has 56 heavy (non-hydrogen) atoms. The number of aromatic nitrogens is 4. The fourth-order valence-electron chi connectivity index (χ4n) is 10.3. The molecule has 7 rings (SSSR count). The van der Waals surface area contributed by atoms with Gasteiger partial charge in [0.25, 0.3) is 23.6 Å². The molecule has 4 amide bonds.